The number of ether oxygens (including phenoxy) is 1. The van der Waals surface area contributed by atoms with Gasteiger partial charge in [0, 0.05) is 25.0 Å². The maximum Gasteiger partial charge on any atom is 0.340 e. The average Bonchev–Trinajstić information content (AvgIpc) is 3.14. The van der Waals surface area contributed by atoms with Crippen LogP contribution in [0.25, 0.3) is 0 Å². The molecule has 2 aromatic rings. The molecule has 0 saturated carbocycles. The first-order valence-electron chi connectivity index (χ1n) is 8.26. The maximum atomic E-state index is 11.8. The molecule has 1 saturated heterocycles. The van der Waals surface area contributed by atoms with Crippen LogP contribution in [0.4, 0.5) is 11.4 Å². The van der Waals surface area contributed by atoms with Crippen molar-refractivity contribution in [3.05, 3.63) is 59.2 Å². The highest BCUT2D eigenvalue weighted by molar-refractivity contribution is 5.96. The highest BCUT2D eigenvalue weighted by Crippen LogP contribution is 2.25. The molecular formula is C20H22N2O2. The van der Waals surface area contributed by atoms with Crippen molar-refractivity contribution in [1.29, 1.82) is 0 Å². The minimum atomic E-state index is -0.372. The van der Waals surface area contributed by atoms with E-state index in [-0.39, 0.29) is 5.97 Å². The Labute approximate surface area is 142 Å². The van der Waals surface area contributed by atoms with Crippen LogP contribution in [-0.4, -0.2) is 32.4 Å². The summed E-state index contributed by atoms with van der Waals surface area (Å²) in [6.45, 7) is 4.41. The predicted octanol–water partition coefficient (Wildman–Crippen LogP) is 4.13. The Morgan fingerprint density at radius 2 is 1.92 bits per heavy atom. The molecule has 1 aliphatic heterocycles. The molecule has 4 nitrogen and oxygen atoms in total. The lowest BCUT2D eigenvalue weighted by molar-refractivity contribution is 0.0601. The van der Waals surface area contributed by atoms with E-state index in [0.717, 1.165) is 18.7 Å². The second kappa shape index (κ2) is 7.30. The molecule has 1 fully saturated rings. The van der Waals surface area contributed by atoms with Gasteiger partial charge in [-0.1, -0.05) is 18.2 Å². The number of nitrogens with zero attached hydrogens (tertiary/aromatic N) is 2. The molecule has 0 unspecified atom stereocenters. The quantitative estimate of drug-likeness (QED) is 0.628. The number of carbonyl (C=O) groups is 1. The number of hydrogen-bond donors (Lipinski definition) is 0. The van der Waals surface area contributed by atoms with Crippen LogP contribution in [0, 0.1) is 6.92 Å². The Hall–Kier alpha value is -2.62. The first kappa shape index (κ1) is 16.2. The van der Waals surface area contributed by atoms with E-state index < -0.39 is 0 Å². The van der Waals surface area contributed by atoms with E-state index in [0.29, 0.717) is 11.3 Å². The molecule has 1 heterocycles. The second-order valence-corrected chi connectivity index (χ2v) is 6.01. The van der Waals surface area contributed by atoms with E-state index >= 15 is 0 Å². The zero-order valence-corrected chi connectivity index (χ0v) is 14.2. The van der Waals surface area contributed by atoms with Gasteiger partial charge in [-0.25, -0.2) is 4.79 Å². The number of carbonyl (C=O) groups excluding carboxylic acids is 1. The highest BCUT2D eigenvalue weighted by atomic mass is 16.5. The van der Waals surface area contributed by atoms with Crippen LogP contribution in [0.2, 0.25) is 0 Å². The van der Waals surface area contributed by atoms with Crippen molar-refractivity contribution in [2.45, 2.75) is 19.8 Å². The van der Waals surface area contributed by atoms with Gasteiger partial charge < -0.3 is 9.64 Å². The minimum absolute atomic E-state index is 0.372. The smallest absolute Gasteiger partial charge is 0.340 e. The summed E-state index contributed by atoms with van der Waals surface area (Å²) >= 11 is 0. The SMILES string of the molecule is COC(=O)c1ccccc1N=Cc1ccc(N2CCCC2)c(C)c1. The van der Waals surface area contributed by atoms with Crippen molar-refractivity contribution in [2.24, 2.45) is 4.99 Å². The highest BCUT2D eigenvalue weighted by Gasteiger charge is 2.14. The predicted molar refractivity (Wildman–Crippen MR) is 97.7 cm³/mol. The number of rotatable bonds is 4. The first-order valence-corrected chi connectivity index (χ1v) is 8.26. The fraction of sp³-hybridized carbons (Fsp3) is 0.300. The molecule has 0 spiro atoms. The monoisotopic (exact) mass is 322 g/mol. The van der Waals surface area contributed by atoms with Crippen molar-refractivity contribution in [1.82, 2.24) is 0 Å². The number of aryl methyl sites for hydroxylation is 1. The topological polar surface area (TPSA) is 41.9 Å². The summed E-state index contributed by atoms with van der Waals surface area (Å²) in [7, 11) is 1.38. The third kappa shape index (κ3) is 3.48. The minimum Gasteiger partial charge on any atom is -0.465 e. The number of esters is 1. The molecule has 0 aliphatic carbocycles. The molecule has 0 aromatic heterocycles. The zero-order valence-electron chi connectivity index (χ0n) is 14.2. The molecule has 0 N–H and O–H groups in total. The van der Waals surface area contributed by atoms with E-state index in [1.807, 2.05) is 12.1 Å². The van der Waals surface area contributed by atoms with E-state index in [4.69, 9.17) is 4.74 Å². The van der Waals surface area contributed by atoms with Gasteiger partial charge in [-0.15, -0.1) is 0 Å². The number of benzene rings is 2. The molecule has 124 valence electrons. The summed E-state index contributed by atoms with van der Waals surface area (Å²) in [5, 5.41) is 0. The summed E-state index contributed by atoms with van der Waals surface area (Å²) < 4.78 is 4.80. The first-order chi connectivity index (χ1) is 11.7. The summed E-state index contributed by atoms with van der Waals surface area (Å²) in [6.07, 6.45) is 4.34. The fourth-order valence-corrected chi connectivity index (χ4v) is 3.08. The van der Waals surface area contributed by atoms with Crippen molar-refractivity contribution in [2.75, 3.05) is 25.1 Å². The molecule has 4 heteroatoms. The van der Waals surface area contributed by atoms with Gasteiger partial charge in [0.1, 0.15) is 0 Å². The normalized spacial score (nSPS) is 14.3. The molecule has 0 amide bonds. The fourth-order valence-electron chi connectivity index (χ4n) is 3.08. The van der Waals surface area contributed by atoms with Gasteiger partial charge in [-0.2, -0.15) is 0 Å². The van der Waals surface area contributed by atoms with Crippen molar-refractivity contribution in [3.8, 4) is 0 Å². The van der Waals surface area contributed by atoms with Crippen LogP contribution in [0.15, 0.2) is 47.5 Å². The van der Waals surface area contributed by atoms with Crippen LogP contribution < -0.4 is 4.90 Å². The van der Waals surface area contributed by atoms with Crippen LogP contribution >= 0.6 is 0 Å². The molecule has 0 radical (unpaired) electrons. The molecule has 0 bridgehead atoms. The van der Waals surface area contributed by atoms with Gasteiger partial charge in [0.05, 0.1) is 18.4 Å². The molecule has 0 atom stereocenters. The number of hydrogen-bond acceptors (Lipinski definition) is 4. The molecular weight excluding hydrogens is 300 g/mol. The maximum absolute atomic E-state index is 11.8. The molecule has 24 heavy (non-hydrogen) atoms. The lowest BCUT2D eigenvalue weighted by atomic mass is 10.1. The van der Waals surface area contributed by atoms with E-state index in [1.165, 1.54) is 31.2 Å². The lowest BCUT2D eigenvalue weighted by Crippen LogP contribution is -2.18. The van der Waals surface area contributed by atoms with Gasteiger partial charge in [0.15, 0.2) is 0 Å². The number of para-hydroxylation sites is 1. The van der Waals surface area contributed by atoms with Gasteiger partial charge in [0.2, 0.25) is 0 Å². The summed E-state index contributed by atoms with van der Waals surface area (Å²) in [5.74, 6) is -0.372. The van der Waals surface area contributed by atoms with Crippen LogP contribution in [0.5, 0.6) is 0 Å². The van der Waals surface area contributed by atoms with Crippen LogP contribution in [0.1, 0.15) is 34.3 Å². The number of methoxy groups -OCH3 is 1. The third-order valence-electron chi connectivity index (χ3n) is 4.33. The third-order valence-corrected chi connectivity index (χ3v) is 4.33. The standard InChI is InChI=1S/C20H22N2O2/c1-15-13-16(9-10-19(15)22-11-5-6-12-22)14-21-18-8-4-3-7-17(18)20(23)24-2/h3-4,7-10,13-14H,5-6,11-12H2,1-2H3. The van der Waals surface area contributed by atoms with Gasteiger partial charge in [0.25, 0.3) is 0 Å². The molecule has 2 aromatic carbocycles. The molecule has 3 rings (SSSR count). The Morgan fingerprint density at radius 1 is 1.17 bits per heavy atom. The van der Waals surface area contributed by atoms with E-state index in [1.54, 1.807) is 18.3 Å². The van der Waals surface area contributed by atoms with E-state index in [2.05, 4.69) is 35.0 Å². The lowest BCUT2D eigenvalue weighted by Gasteiger charge is -2.20. The Morgan fingerprint density at radius 3 is 2.62 bits per heavy atom. The van der Waals surface area contributed by atoms with Gasteiger partial charge in [-0.05, 0) is 55.2 Å². The number of anilines is 1. The molecule has 1 aliphatic rings. The second-order valence-electron chi connectivity index (χ2n) is 6.01. The summed E-state index contributed by atoms with van der Waals surface area (Å²) in [4.78, 5) is 18.7. The van der Waals surface area contributed by atoms with Crippen LogP contribution in [-0.2, 0) is 4.74 Å². The van der Waals surface area contributed by atoms with Crippen molar-refractivity contribution < 1.29 is 9.53 Å². The van der Waals surface area contributed by atoms with E-state index in [9.17, 15) is 4.79 Å². The summed E-state index contributed by atoms with van der Waals surface area (Å²) in [5.41, 5.74) is 4.67. The van der Waals surface area contributed by atoms with Crippen molar-refractivity contribution >= 4 is 23.6 Å². The zero-order chi connectivity index (χ0) is 16.9. The summed E-state index contributed by atoms with van der Waals surface area (Å²) in [6, 6.07) is 13.6. The largest absolute Gasteiger partial charge is 0.465 e. The van der Waals surface area contributed by atoms with Crippen molar-refractivity contribution in [3.63, 3.8) is 0 Å². The Balaban J connectivity index is 1.82. The number of aliphatic imine (C=N–C) groups is 1. The Kier molecular flexibility index (Phi) is 4.94. The van der Waals surface area contributed by atoms with Gasteiger partial charge in [-0.3, -0.25) is 4.99 Å². The average molecular weight is 322 g/mol. The van der Waals surface area contributed by atoms with Gasteiger partial charge >= 0.3 is 5.97 Å². The Bertz CT molecular complexity index is 762. The van der Waals surface area contributed by atoms with Crippen LogP contribution in [0.3, 0.4) is 0 Å².